The Kier molecular flexibility index (Phi) is 5.73. The van der Waals surface area contributed by atoms with E-state index in [0.29, 0.717) is 19.4 Å². The van der Waals surface area contributed by atoms with Crippen LogP contribution in [-0.4, -0.2) is 64.3 Å². The van der Waals surface area contributed by atoms with E-state index >= 15 is 0 Å². The van der Waals surface area contributed by atoms with E-state index in [4.69, 9.17) is 4.74 Å². The molecule has 1 saturated carbocycles. The van der Waals surface area contributed by atoms with Gasteiger partial charge in [-0.3, -0.25) is 0 Å². The summed E-state index contributed by atoms with van der Waals surface area (Å²) in [4.78, 5) is 0.177. The minimum absolute atomic E-state index is 0.00569. The first-order chi connectivity index (χ1) is 14.2. The molecule has 0 bridgehead atoms. The Labute approximate surface area is 176 Å². The van der Waals surface area contributed by atoms with Crippen molar-refractivity contribution >= 4 is 20.0 Å². The molecule has 2 aromatic rings. The van der Waals surface area contributed by atoms with Gasteiger partial charge in [0.15, 0.2) is 6.67 Å². The van der Waals surface area contributed by atoms with E-state index in [-0.39, 0.29) is 40.0 Å². The van der Waals surface area contributed by atoms with Crippen molar-refractivity contribution in [1.82, 2.24) is 4.31 Å². The summed E-state index contributed by atoms with van der Waals surface area (Å²) in [6, 6.07) is 15.8. The molecule has 0 radical (unpaired) electrons. The van der Waals surface area contributed by atoms with Crippen LogP contribution in [0.1, 0.15) is 12.8 Å². The van der Waals surface area contributed by atoms with Crippen molar-refractivity contribution in [3.05, 3.63) is 60.7 Å². The molecule has 1 aliphatic heterocycles. The van der Waals surface area contributed by atoms with Crippen LogP contribution in [-0.2, 0) is 24.8 Å². The van der Waals surface area contributed by atoms with Crippen LogP contribution in [0.25, 0.3) is 0 Å². The van der Waals surface area contributed by atoms with Crippen molar-refractivity contribution in [3.8, 4) is 0 Å². The molecule has 162 valence electrons. The van der Waals surface area contributed by atoms with Crippen molar-refractivity contribution < 1.29 is 31.0 Å². The first kappa shape index (κ1) is 21.4. The highest BCUT2D eigenvalue weighted by Gasteiger charge is 2.49. The van der Waals surface area contributed by atoms with E-state index in [1.807, 2.05) is 0 Å². The molecule has 1 saturated heterocycles. The fraction of sp³-hybridized carbons (Fsp3) is 0.400. The summed E-state index contributed by atoms with van der Waals surface area (Å²) >= 11 is 0. The number of sulfonamides is 2. The largest absolute Gasteiger partial charge is 0.384 e. The van der Waals surface area contributed by atoms with Gasteiger partial charge in [-0.25, -0.2) is 12.7 Å². The number of epoxide rings is 1. The van der Waals surface area contributed by atoms with Gasteiger partial charge in [0.2, 0.25) is 10.0 Å². The van der Waals surface area contributed by atoms with Gasteiger partial charge in [-0.2, -0.15) is 8.42 Å². The molecule has 4 rings (SSSR count). The third-order valence-electron chi connectivity index (χ3n) is 5.33. The molecule has 10 heteroatoms. The quantitative estimate of drug-likeness (QED) is 0.382. The Morgan fingerprint density at radius 2 is 1.50 bits per heavy atom. The minimum atomic E-state index is -3.94. The molecule has 8 nitrogen and oxygen atoms in total. The molecule has 1 aliphatic carbocycles. The van der Waals surface area contributed by atoms with Crippen LogP contribution in [0.2, 0.25) is 0 Å². The number of ether oxygens (including phenoxy) is 1. The van der Waals surface area contributed by atoms with Gasteiger partial charge in [-0.05, 0) is 37.1 Å². The average Bonchev–Trinajstić information content (AvgIpc) is 3.67. The van der Waals surface area contributed by atoms with E-state index in [2.05, 4.69) is 0 Å². The Hall–Kier alpha value is -1.82. The van der Waals surface area contributed by atoms with Gasteiger partial charge in [0, 0.05) is 6.54 Å². The Morgan fingerprint density at radius 3 is 2.00 bits per heavy atom. The third-order valence-corrected chi connectivity index (χ3v) is 9.08. The molecule has 30 heavy (non-hydrogen) atoms. The number of hydrogen-bond acceptors (Lipinski definition) is 6. The molecule has 2 fully saturated rings. The van der Waals surface area contributed by atoms with Crippen LogP contribution in [0.5, 0.6) is 0 Å². The molecule has 0 spiro atoms. The van der Waals surface area contributed by atoms with Gasteiger partial charge in [-0.15, -0.1) is 4.31 Å². The Bertz CT molecular complexity index is 1080. The van der Waals surface area contributed by atoms with Crippen LogP contribution in [0.4, 0.5) is 0 Å². The maximum atomic E-state index is 13.3. The normalized spacial score (nSPS) is 21.3. The molecule has 0 amide bonds. The van der Waals surface area contributed by atoms with Crippen LogP contribution < -0.4 is 4.31 Å². The number of nitrogens with zero attached hydrogens (tertiary/aromatic N) is 1. The van der Waals surface area contributed by atoms with Crippen LogP contribution in [0.3, 0.4) is 0 Å². The van der Waals surface area contributed by atoms with E-state index in [1.165, 1.54) is 24.3 Å². The number of nitrogens with one attached hydrogen (secondary N) is 1. The van der Waals surface area contributed by atoms with E-state index in [0.717, 1.165) is 4.31 Å². The maximum Gasteiger partial charge on any atom is 0.326 e. The van der Waals surface area contributed by atoms with Crippen LogP contribution >= 0.6 is 0 Å². The van der Waals surface area contributed by atoms with Crippen LogP contribution in [0, 0.1) is 0 Å². The zero-order chi connectivity index (χ0) is 21.4. The molecule has 2 N–H and O–H groups in total. The standard InChI is InChI=1S/C20H24N2O6S2/c23-20(11-12-20)15-22(30(26,27)19-9-5-2-6-10-19)16-21(13-17-14-28-17)29(24,25)18-7-3-1-4-8-18/h1-10,17,23H,11-16H2/p+1. The fourth-order valence-electron chi connectivity index (χ4n) is 3.28. The predicted octanol–water partition coefficient (Wildman–Crippen LogP) is -0.168. The first-order valence-electron chi connectivity index (χ1n) is 9.75. The summed E-state index contributed by atoms with van der Waals surface area (Å²) in [7, 11) is -7.88. The van der Waals surface area contributed by atoms with Crippen molar-refractivity contribution in [3.63, 3.8) is 0 Å². The van der Waals surface area contributed by atoms with Crippen molar-refractivity contribution in [2.24, 2.45) is 0 Å². The number of hydrogen-bond donors (Lipinski definition) is 2. The highest BCUT2D eigenvalue weighted by molar-refractivity contribution is 7.89. The minimum Gasteiger partial charge on any atom is -0.384 e. The third kappa shape index (κ3) is 4.74. The summed E-state index contributed by atoms with van der Waals surface area (Å²) in [6.45, 7) is 0.0855. The summed E-state index contributed by atoms with van der Waals surface area (Å²) in [5.74, 6) is 0. The Balaban J connectivity index is 1.68. The highest BCUT2D eigenvalue weighted by Crippen LogP contribution is 2.33. The monoisotopic (exact) mass is 453 g/mol. The molecule has 2 aliphatic rings. The van der Waals surface area contributed by atoms with Gasteiger partial charge >= 0.3 is 10.0 Å². The van der Waals surface area contributed by atoms with Crippen LogP contribution in [0.15, 0.2) is 70.5 Å². The van der Waals surface area contributed by atoms with Gasteiger partial charge in [0.1, 0.15) is 17.0 Å². The summed E-state index contributed by atoms with van der Waals surface area (Å²) < 4.78 is 59.6. The molecule has 0 aromatic heterocycles. The molecular formula is C20H25N2O6S2+. The summed E-state index contributed by atoms with van der Waals surface area (Å²) in [5, 5.41) is 10.5. The van der Waals surface area contributed by atoms with E-state index in [1.54, 1.807) is 36.4 Å². The lowest BCUT2D eigenvalue weighted by Crippen LogP contribution is -3.16. The van der Waals surface area contributed by atoms with E-state index < -0.39 is 25.6 Å². The Morgan fingerprint density at radius 1 is 0.967 bits per heavy atom. The second kappa shape index (κ2) is 8.03. The maximum absolute atomic E-state index is 13.3. The lowest BCUT2D eigenvalue weighted by Gasteiger charge is -2.28. The topological polar surface area (TPSA) is 109 Å². The number of aliphatic hydroxyl groups is 1. The zero-order valence-electron chi connectivity index (χ0n) is 16.3. The van der Waals surface area contributed by atoms with Crippen molar-refractivity contribution in [2.45, 2.75) is 34.3 Å². The first-order valence-corrected chi connectivity index (χ1v) is 12.7. The smallest absolute Gasteiger partial charge is 0.326 e. The predicted molar refractivity (Wildman–Crippen MR) is 109 cm³/mol. The lowest BCUT2D eigenvalue weighted by atomic mass is 10.3. The number of benzene rings is 2. The molecular weight excluding hydrogens is 428 g/mol. The van der Waals surface area contributed by atoms with Crippen molar-refractivity contribution in [2.75, 3.05) is 26.4 Å². The van der Waals surface area contributed by atoms with E-state index in [9.17, 15) is 21.9 Å². The highest BCUT2D eigenvalue weighted by atomic mass is 32.2. The van der Waals surface area contributed by atoms with Gasteiger partial charge < -0.3 is 9.84 Å². The summed E-state index contributed by atoms with van der Waals surface area (Å²) in [6.07, 6.45) is 0.740. The lowest BCUT2D eigenvalue weighted by molar-refractivity contribution is -0.784. The summed E-state index contributed by atoms with van der Waals surface area (Å²) in [5.41, 5.74) is -1.09. The molecule has 2 atom stereocenters. The van der Waals surface area contributed by atoms with Crippen molar-refractivity contribution in [1.29, 1.82) is 0 Å². The number of rotatable bonds is 10. The van der Waals surface area contributed by atoms with Gasteiger partial charge in [0.25, 0.3) is 0 Å². The number of quaternary nitrogens is 1. The SMILES string of the molecule is O=S(=O)(c1ccccc1)N(CC1CO1)C[NH+](CC1(O)CC1)S(=O)(=O)c1ccccc1. The molecule has 2 aromatic carbocycles. The average molecular weight is 454 g/mol. The fourth-order valence-corrected chi connectivity index (χ4v) is 6.48. The molecule has 1 heterocycles. The molecule has 2 unspecified atom stereocenters. The van der Waals surface area contributed by atoms with Gasteiger partial charge in [0.05, 0.1) is 17.6 Å². The zero-order valence-corrected chi connectivity index (χ0v) is 18.0. The van der Waals surface area contributed by atoms with Gasteiger partial charge in [-0.1, -0.05) is 36.4 Å². The second-order valence-corrected chi connectivity index (χ2v) is 11.8. The second-order valence-electron chi connectivity index (χ2n) is 7.82.